The lowest BCUT2D eigenvalue weighted by atomic mass is 9.94. The van der Waals surface area contributed by atoms with Gasteiger partial charge in [0.05, 0.1) is 17.5 Å². The highest BCUT2D eigenvalue weighted by Crippen LogP contribution is 2.20. The van der Waals surface area contributed by atoms with Gasteiger partial charge < -0.3 is 15.4 Å². The van der Waals surface area contributed by atoms with Crippen molar-refractivity contribution in [3.05, 3.63) is 16.1 Å². The molecular formula is C15H23N3O3S. The van der Waals surface area contributed by atoms with Crippen molar-refractivity contribution in [2.24, 2.45) is 5.41 Å². The molecule has 1 fully saturated rings. The molecule has 0 radical (unpaired) electrons. The Labute approximate surface area is 134 Å². The van der Waals surface area contributed by atoms with Crippen molar-refractivity contribution in [3.63, 3.8) is 0 Å². The van der Waals surface area contributed by atoms with Crippen LogP contribution in [0.2, 0.25) is 0 Å². The van der Waals surface area contributed by atoms with Gasteiger partial charge in [0.2, 0.25) is 0 Å². The van der Waals surface area contributed by atoms with Crippen LogP contribution >= 0.6 is 11.3 Å². The largest absolute Gasteiger partial charge is 0.469 e. The van der Waals surface area contributed by atoms with Gasteiger partial charge in [-0.2, -0.15) is 0 Å². The molecule has 2 N–H and O–H groups in total. The van der Waals surface area contributed by atoms with Crippen LogP contribution in [0.3, 0.4) is 0 Å². The highest BCUT2D eigenvalue weighted by molar-refractivity contribution is 7.09. The number of carbonyl (C=O) groups is 2. The molecule has 1 aliphatic carbocycles. The number of hydrogen-bond acceptors (Lipinski definition) is 6. The van der Waals surface area contributed by atoms with Crippen molar-refractivity contribution in [3.8, 4) is 0 Å². The molecule has 0 saturated heterocycles. The van der Waals surface area contributed by atoms with Crippen LogP contribution in [-0.2, 0) is 16.0 Å². The van der Waals surface area contributed by atoms with Crippen LogP contribution in [0.15, 0.2) is 5.38 Å². The highest BCUT2D eigenvalue weighted by atomic mass is 32.1. The monoisotopic (exact) mass is 325 g/mol. The molecule has 22 heavy (non-hydrogen) atoms. The van der Waals surface area contributed by atoms with Gasteiger partial charge in [-0.3, -0.25) is 9.59 Å². The number of nitrogens with zero attached hydrogens (tertiary/aromatic N) is 1. The highest BCUT2D eigenvalue weighted by Gasteiger charge is 2.28. The third-order valence-corrected chi connectivity index (χ3v) is 4.43. The van der Waals surface area contributed by atoms with Gasteiger partial charge in [-0.15, -0.1) is 11.3 Å². The Kier molecular flexibility index (Phi) is 5.52. The van der Waals surface area contributed by atoms with Gasteiger partial charge in [0, 0.05) is 30.9 Å². The number of ether oxygens (including phenoxy) is 1. The molecule has 0 aliphatic heterocycles. The van der Waals surface area contributed by atoms with Gasteiger partial charge in [0.15, 0.2) is 0 Å². The fourth-order valence-corrected chi connectivity index (χ4v) is 2.74. The number of nitrogens with one attached hydrogen (secondary N) is 2. The number of carbonyl (C=O) groups excluding carboxylic acids is 2. The first-order valence-electron chi connectivity index (χ1n) is 7.47. The second kappa shape index (κ2) is 7.19. The van der Waals surface area contributed by atoms with Crippen molar-refractivity contribution in [1.82, 2.24) is 15.6 Å². The van der Waals surface area contributed by atoms with Crippen molar-refractivity contribution in [2.45, 2.75) is 39.2 Å². The Bertz CT molecular complexity index is 538. The smallest absolute Gasteiger partial charge is 0.312 e. The van der Waals surface area contributed by atoms with E-state index in [0.717, 1.165) is 24.3 Å². The minimum atomic E-state index is -0.549. The second-order valence-corrected chi connectivity index (χ2v) is 7.12. The van der Waals surface area contributed by atoms with Crippen LogP contribution in [-0.4, -0.2) is 43.1 Å². The SMILES string of the molecule is COC(=O)C(C)(C)CNCCc1nc(C(=O)NC2CC2)cs1. The fraction of sp³-hybridized carbons (Fsp3) is 0.667. The van der Waals surface area contributed by atoms with E-state index in [0.29, 0.717) is 24.8 Å². The lowest BCUT2D eigenvalue weighted by Crippen LogP contribution is -2.37. The van der Waals surface area contributed by atoms with E-state index in [9.17, 15) is 9.59 Å². The maximum absolute atomic E-state index is 11.8. The van der Waals surface area contributed by atoms with Crippen molar-refractivity contribution < 1.29 is 14.3 Å². The molecule has 0 spiro atoms. The summed E-state index contributed by atoms with van der Waals surface area (Å²) in [4.78, 5) is 27.7. The summed E-state index contributed by atoms with van der Waals surface area (Å²) in [6, 6.07) is 0.347. The average Bonchev–Trinajstić information content (AvgIpc) is 3.16. The van der Waals surface area contributed by atoms with Crippen LogP contribution in [0.25, 0.3) is 0 Å². The van der Waals surface area contributed by atoms with Gasteiger partial charge in [-0.05, 0) is 26.7 Å². The standard InChI is InChI=1S/C15H23N3O3S/c1-15(2,14(20)21-3)9-16-7-6-12-18-11(8-22-12)13(19)17-10-4-5-10/h8,10,16H,4-7,9H2,1-3H3,(H,17,19). The first-order valence-corrected chi connectivity index (χ1v) is 8.35. The number of hydrogen-bond donors (Lipinski definition) is 2. The molecule has 1 saturated carbocycles. The summed E-state index contributed by atoms with van der Waals surface area (Å²) in [5.74, 6) is -0.307. The molecule has 2 rings (SSSR count). The van der Waals surface area contributed by atoms with E-state index in [2.05, 4.69) is 15.6 Å². The average molecular weight is 325 g/mol. The molecular weight excluding hydrogens is 302 g/mol. The van der Waals surface area contributed by atoms with Gasteiger partial charge in [0.1, 0.15) is 5.69 Å². The molecule has 7 heteroatoms. The molecule has 6 nitrogen and oxygen atoms in total. The quantitative estimate of drug-likeness (QED) is 0.557. The number of rotatable bonds is 8. The van der Waals surface area contributed by atoms with E-state index < -0.39 is 5.41 Å². The number of esters is 1. The van der Waals surface area contributed by atoms with Gasteiger partial charge in [-0.1, -0.05) is 0 Å². The second-order valence-electron chi connectivity index (χ2n) is 6.18. The van der Waals surface area contributed by atoms with Crippen molar-refractivity contribution in [2.75, 3.05) is 20.2 Å². The van der Waals surface area contributed by atoms with Crippen LogP contribution in [0.1, 0.15) is 42.2 Å². The third-order valence-electron chi connectivity index (χ3n) is 3.52. The summed E-state index contributed by atoms with van der Waals surface area (Å²) >= 11 is 1.49. The van der Waals surface area contributed by atoms with Crippen LogP contribution in [0, 0.1) is 5.41 Å². The van der Waals surface area contributed by atoms with Gasteiger partial charge >= 0.3 is 5.97 Å². The van der Waals surface area contributed by atoms with E-state index in [1.165, 1.54) is 18.4 Å². The number of thiazole rings is 1. The normalized spacial score (nSPS) is 14.7. The summed E-state index contributed by atoms with van der Waals surface area (Å²) in [7, 11) is 1.40. The maximum Gasteiger partial charge on any atom is 0.312 e. The lowest BCUT2D eigenvalue weighted by Gasteiger charge is -2.21. The van der Waals surface area contributed by atoms with E-state index in [1.54, 1.807) is 5.38 Å². The summed E-state index contributed by atoms with van der Waals surface area (Å²) in [5, 5.41) is 8.88. The van der Waals surface area contributed by atoms with E-state index in [-0.39, 0.29) is 11.9 Å². The number of aromatic nitrogens is 1. The Balaban J connectivity index is 1.72. The molecule has 122 valence electrons. The first-order chi connectivity index (χ1) is 10.4. The molecule has 1 heterocycles. The van der Waals surface area contributed by atoms with E-state index in [1.807, 2.05) is 13.8 Å². The number of amides is 1. The summed E-state index contributed by atoms with van der Waals surface area (Å²) in [6.07, 6.45) is 2.88. The molecule has 1 aromatic rings. The zero-order valence-electron chi connectivity index (χ0n) is 13.3. The molecule has 0 aromatic carbocycles. The topological polar surface area (TPSA) is 80.3 Å². The Morgan fingerprint density at radius 1 is 1.45 bits per heavy atom. The van der Waals surface area contributed by atoms with Gasteiger partial charge in [-0.25, -0.2) is 4.98 Å². The molecule has 1 amide bonds. The Hall–Kier alpha value is -1.47. The lowest BCUT2D eigenvalue weighted by molar-refractivity contribution is -0.150. The summed E-state index contributed by atoms with van der Waals surface area (Å²) in [6.45, 7) is 4.93. The van der Waals surface area contributed by atoms with E-state index in [4.69, 9.17) is 4.74 Å². The van der Waals surface area contributed by atoms with Crippen LogP contribution in [0.4, 0.5) is 0 Å². The predicted octanol–water partition coefficient (Wildman–Crippen LogP) is 1.37. The van der Waals surface area contributed by atoms with Crippen molar-refractivity contribution in [1.29, 1.82) is 0 Å². The molecule has 0 unspecified atom stereocenters. The van der Waals surface area contributed by atoms with E-state index >= 15 is 0 Å². The molecule has 0 atom stereocenters. The Morgan fingerprint density at radius 2 is 2.18 bits per heavy atom. The zero-order valence-corrected chi connectivity index (χ0v) is 14.1. The van der Waals surface area contributed by atoms with Gasteiger partial charge in [0.25, 0.3) is 5.91 Å². The summed E-state index contributed by atoms with van der Waals surface area (Å²) in [5.41, 5.74) is -0.0470. The molecule has 1 aliphatic rings. The minimum Gasteiger partial charge on any atom is -0.469 e. The van der Waals surface area contributed by atoms with Crippen molar-refractivity contribution >= 4 is 23.2 Å². The minimum absolute atomic E-state index is 0.0789. The molecule has 1 aromatic heterocycles. The predicted molar refractivity (Wildman–Crippen MR) is 85.0 cm³/mol. The van der Waals surface area contributed by atoms with Crippen LogP contribution < -0.4 is 10.6 Å². The van der Waals surface area contributed by atoms with Crippen LogP contribution in [0.5, 0.6) is 0 Å². The maximum atomic E-state index is 11.8. The zero-order chi connectivity index (χ0) is 16.2. The Morgan fingerprint density at radius 3 is 2.82 bits per heavy atom. The fourth-order valence-electron chi connectivity index (χ4n) is 1.96. The first kappa shape index (κ1) is 16.9. The molecule has 0 bridgehead atoms. The third kappa shape index (κ3) is 4.78. The number of methoxy groups -OCH3 is 1. The summed E-state index contributed by atoms with van der Waals surface area (Å²) < 4.78 is 4.76.